The van der Waals surface area contributed by atoms with Crippen molar-refractivity contribution in [3.63, 3.8) is 0 Å². The summed E-state index contributed by atoms with van der Waals surface area (Å²) in [6.07, 6.45) is 0.910. The Balaban J connectivity index is 1.52. The lowest BCUT2D eigenvalue weighted by molar-refractivity contribution is -0.132. The third-order valence-corrected chi connectivity index (χ3v) is 4.49. The molecule has 1 aromatic carbocycles. The molecule has 0 saturated carbocycles. The van der Waals surface area contributed by atoms with Crippen LogP contribution in [-0.4, -0.2) is 58.6 Å². The van der Waals surface area contributed by atoms with E-state index < -0.39 is 0 Å². The Morgan fingerprint density at radius 1 is 1.12 bits per heavy atom. The number of carbonyl (C=O) groups is 1. The number of amides is 1. The van der Waals surface area contributed by atoms with Crippen LogP contribution in [-0.2, 0) is 11.2 Å². The molecule has 3 rings (SSSR count). The van der Waals surface area contributed by atoms with Crippen molar-refractivity contribution in [1.29, 1.82) is 0 Å². The molecule has 24 heavy (non-hydrogen) atoms. The summed E-state index contributed by atoms with van der Waals surface area (Å²) in [5, 5.41) is 8.14. The minimum absolute atomic E-state index is 0.167. The lowest BCUT2D eigenvalue weighted by Crippen LogP contribution is -2.48. The Morgan fingerprint density at radius 2 is 1.83 bits per heavy atom. The van der Waals surface area contributed by atoms with Crippen LogP contribution in [0.1, 0.15) is 24.8 Å². The van der Waals surface area contributed by atoms with Gasteiger partial charge in [0.1, 0.15) is 0 Å². The van der Waals surface area contributed by atoms with E-state index in [1.54, 1.807) is 0 Å². The molecule has 2 heterocycles. The molecule has 0 radical (unpaired) electrons. The number of hydrogen-bond acceptors (Lipinski definition) is 5. The summed E-state index contributed by atoms with van der Waals surface area (Å²) < 4.78 is 5.68. The summed E-state index contributed by atoms with van der Waals surface area (Å²) in [4.78, 5) is 16.6. The highest BCUT2D eigenvalue weighted by Gasteiger charge is 2.20. The first kappa shape index (κ1) is 16.6. The summed E-state index contributed by atoms with van der Waals surface area (Å²) in [7, 11) is 0. The maximum Gasteiger partial charge on any atom is 0.247 e. The van der Waals surface area contributed by atoms with Gasteiger partial charge in [0, 0.05) is 44.6 Å². The molecular formula is C18H24N4O2. The molecule has 128 valence electrons. The smallest absolute Gasteiger partial charge is 0.247 e. The van der Waals surface area contributed by atoms with Gasteiger partial charge in [-0.05, 0) is 25.6 Å². The molecule has 1 aliphatic heterocycles. The van der Waals surface area contributed by atoms with Crippen LogP contribution in [0.5, 0.6) is 0 Å². The second kappa shape index (κ2) is 7.57. The lowest BCUT2D eigenvalue weighted by Gasteiger charge is -2.34. The zero-order valence-electron chi connectivity index (χ0n) is 14.4. The van der Waals surface area contributed by atoms with Gasteiger partial charge in [-0.3, -0.25) is 4.79 Å². The van der Waals surface area contributed by atoms with Gasteiger partial charge >= 0.3 is 0 Å². The molecule has 0 aliphatic carbocycles. The van der Waals surface area contributed by atoms with Gasteiger partial charge in [0.05, 0.1) is 0 Å². The Kier molecular flexibility index (Phi) is 5.25. The number of aryl methyl sites for hydroxylation is 2. The molecule has 1 aliphatic rings. The van der Waals surface area contributed by atoms with E-state index in [0.29, 0.717) is 24.6 Å². The van der Waals surface area contributed by atoms with Gasteiger partial charge < -0.3 is 14.2 Å². The highest BCUT2D eigenvalue weighted by molar-refractivity contribution is 5.76. The van der Waals surface area contributed by atoms with Gasteiger partial charge in [0.2, 0.25) is 17.7 Å². The molecule has 0 N–H and O–H groups in total. The number of carbonyl (C=O) groups excluding carboxylic acids is 1. The number of hydrogen-bond donors (Lipinski definition) is 0. The zero-order chi connectivity index (χ0) is 16.9. The van der Waals surface area contributed by atoms with Gasteiger partial charge in [0.25, 0.3) is 0 Å². The van der Waals surface area contributed by atoms with Gasteiger partial charge in [-0.2, -0.15) is 0 Å². The largest absolute Gasteiger partial charge is 0.421 e. The van der Waals surface area contributed by atoms with Gasteiger partial charge in [-0.15, -0.1) is 10.2 Å². The number of likely N-dealkylation sites (N-methyl/N-ethyl adjacent to an activating group) is 1. The number of nitrogens with zero attached hydrogens (tertiary/aromatic N) is 4. The standard InChI is InChI=1S/C18H24N4O2/c1-3-21-10-12-22(13-11-21)17(23)9-8-16-19-20-18(24-16)15-6-4-14(2)5-7-15/h4-7H,3,8-13H2,1-2H3. The Bertz CT molecular complexity index is 673. The zero-order valence-corrected chi connectivity index (χ0v) is 14.4. The van der Waals surface area contributed by atoms with E-state index in [4.69, 9.17) is 4.42 Å². The van der Waals surface area contributed by atoms with Crippen LogP contribution in [0.15, 0.2) is 28.7 Å². The monoisotopic (exact) mass is 328 g/mol. The molecule has 6 heteroatoms. The predicted molar refractivity (Wildman–Crippen MR) is 91.5 cm³/mol. The molecule has 1 saturated heterocycles. The van der Waals surface area contributed by atoms with Crippen molar-refractivity contribution < 1.29 is 9.21 Å². The molecule has 0 unspecified atom stereocenters. The van der Waals surface area contributed by atoms with Crippen molar-refractivity contribution in [1.82, 2.24) is 20.0 Å². The summed E-state index contributed by atoms with van der Waals surface area (Å²) in [5.74, 6) is 1.20. The van der Waals surface area contributed by atoms with Crippen molar-refractivity contribution in [2.24, 2.45) is 0 Å². The normalized spacial score (nSPS) is 15.7. The fourth-order valence-electron chi connectivity index (χ4n) is 2.85. The van der Waals surface area contributed by atoms with Gasteiger partial charge in [-0.1, -0.05) is 24.6 Å². The molecular weight excluding hydrogens is 304 g/mol. The van der Waals surface area contributed by atoms with Crippen LogP contribution in [0.2, 0.25) is 0 Å². The molecule has 6 nitrogen and oxygen atoms in total. The summed E-state index contributed by atoms with van der Waals surface area (Å²) in [5.41, 5.74) is 2.09. The fraction of sp³-hybridized carbons (Fsp3) is 0.500. The first-order chi connectivity index (χ1) is 11.7. The molecule has 0 spiro atoms. The van der Waals surface area contributed by atoms with Crippen LogP contribution in [0.25, 0.3) is 11.5 Å². The van der Waals surface area contributed by atoms with Crippen LogP contribution in [0.3, 0.4) is 0 Å². The number of piperazine rings is 1. The first-order valence-electron chi connectivity index (χ1n) is 8.55. The SMILES string of the molecule is CCN1CCN(C(=O)CCc2nnc(-c3ccc(C)cc3)o2)CC1. The molecule has 1 amide bonds. The number of benzene rings is 1. The fourth-order valence-corrected chi connectivity index (χ4v) is 2.85. The van der Waals surface area contributed by atoms with Crippen molar-refractivity contribution in [3.05, 3.63) is 35.7 Å². The molecule has 1 aromatic heterocycles. The van der Waals surface area contributed by atoms with Crippen LogP contribution >= 0.6 is 0 Å². The maximum atomic E-state index is 12.3. The van der Waals surface area contributed by atoms with Gasteiger partial charge in [-0.25, -0.2) is 0 Å². The second-order valence-electron chi connectivity index (χ2n) is 6.18. The average molecular weight is 328 g/mol. The number of rotatable bonds is 5. The maximum absolute atomic E-state index is 12.3. The summed E-state index contributed by atoms with van der Waals surface area (Å²) in [6.45, 7) is 8.77. The summed E-state index contributed by atoms with van der Waals surface area (Å²) >= 11 is 0. The van der Waals surface area contributed by atoms with E-state index in [1.165, 1.54) is 5.56 Å². The summed E-state index contributed by atoms with van der Waals surface area (Å²) in [6, 6.07) is 7.95. The first-order valence-corrected chi connectivity index (χ1v) is 8.55. The minimum Gasteiger partial charge on any atom is -0.421 e. The van der Waals surface area contributed by atoms with Crippen LogP contribution < -0.4 is 0 Å². The topological polar surface area (TPSA) is 62.5 Å². The van der Waals surface area contributed by atoms with E-state index >= 15 is 0 Å². The Morgan fingerprint density at radius 3 is 2.50 bits per heavy atom. The van der Waals surface area contributed by atoms with E-state index in [1.807, 2.05) is 36.1 Å². The second-order valence-corrected chi connectivity index (χ2v) is 6.18. The lowest BCUT2D eigenvalue weighted by atomic mass is 10.1. The third kappa shape index (κ3) is 4.00. The highest BCUT2D eigenvalue weighted by atomic mass is 16.4. The van der Waals surface area contributed by atoms with Crippen LogP contribution in [0.4, 0.5) is 0 Å². The van der Waals surface area contributed by atoms with Crippen LogP contribution in [0, 0.1) is 6.92 Å². The van der Waals surface area contributed by atoms with E-state index in [9.17, 15) is 4.79 Å². The predicted octanol–water partition coefficient (Wildman–Crippen LogP) is 2.14. The van der Waals surface area contributed by atoms with Crippen molar-refractivity contribution in [3.8, 4) is 11.5 Å². The Labute approximate surface area is 142 Å². The van der Waals surface area contributed by atoms with Crippen molar-refractivity contribution in [2.75, 3.05) is 32.7 Å². The minimum atomic E-state index is 0.167. The molecule has 1 fully saturated rings. The third-order valence-electron chi connectivity index (χ3n) is 4.49. The van der Waals surface area contributed by atoms with Gasteiger partial charge in [0.15, 0.2) is 0 Å². The number of aromatic nitrogens is 2. The van der Waals surface area contributed by atoms with Crippen molar-refractivity contribution in [2.45, 2.75) is 26.7 Å². The molecule has 0 bridgehead atoms. The average Bonchev–Trinajstić information content (AvgIpc) is 3.09. The molecule has 0 atom stereocenters. The Hall–Kier alpha value is -2.21. The van der Waals surface area contributed by atoms with Crippen molar-refractivity contribution >= 4 is 5.91 Å². The quantitative estimate of drug-likeness (QED) is 0.841. The molecule has 2 aromatic rings. The van der Waals surface area contributed by atoms with E-state index in [2.05, 4.69) is 22.0 Å². The highest BCUT2D eigenvalue weighted by Crippen LogP contribution is 2.19. The van der Waals surface area contributed by atoms with E-state index in [-0.39, 0.29) is 5.91 Å². The van der Waals surface area contributed by atoms with E-state index in [0.717, 1.165) is 38.3 Å².